The van der Waals surface area contributed by atoms with E-state index in [1.165, 1.54) is 0 Å². The second-order valence-electron chi connectivity index (χ2n) is 5.02. The molecule has 4 N–H and O–H groups in total. The Kier molecular flexibility index (Phi) is 5.04. The van der Waals surface area contributed by atoms with Crippen molar-refractivity contribution in [1.82, 2.24) is 15.3 Å². The van der Waals surface area contributed by atoms with E-state index in [0.717, 1.165) is 25.9 Å². The predicted octanol–water partition coefficient (Wildman–Crippen LogP) is -0.636. The molecule has 0 aromatic carbocycles. The minimum absolute atomic E-state index is 0.0114. The Balaban J connectivity index is 1.79. The Morgan fingerprint density at radius 2 is 2.00 bits per heavy atom. The Bertz CT molecular complexity index is 488. The average Bonchev–Trinajstić information content (AvgIpc) is 2.48. The van der Waals surface area contributed by atoms with Gasteiger partial charge in [-0.2, -0.15) is 0 Å². The van der Waals surface area contributed by atoms with E-state index in [2.05, 4.69) is 20.2 Å². The van der Waals surface area contributed by atoms with E-state index < -0.39 is 17.9 Å². The number of hydrogen-bond acceptors (Lipinski definition) is 6. The lowest BCUT2D eigenvalue weighted by atomic mass is 10.0. The van der Waals surface area contributed by atoms with E-state index in [0.29, 0.717) is 5.95 Å². The number of rotatable bonds is 5. The number of nitrogens with one attached hydrogen (secondary N) is 1. The molecule has 0 spiro atoms. The van der Waals surface area contributed by atoms with Gasteiger partial charge in [0.15, 0.2) is 0 Å². The fourth-order valence-corrected chi connectivity index (χ4v) is 2.27. The average molecular weight is 293 g/mol. The summed E-state index contributed by atoms with van der Waals surface area (Å²) in [5, 5.41) is 11.4. The number of amides is 1. The van der Waals surface area contributed by atoms with Gasteiger partial charge in [-0.15, -0.1) is 0 Å². The van der Waals surface area contributed by atoms with Crippen LogP contribution in [0.25, 0.3) is 0 Å². The molecule has 0 saturated carbocycles. The van der Waals surface area contributed by atoms with Gasteiger partial charge in [0, 0.05) is 31.5 Å². The van der Waals surface area contributed by atoms with Gasteiger partial charge >= 0.3 is 5.97 Å². The standard InChI is InChI=1S/C13H19N5O3/c14-10(8-11(19)20)12(21)17-9-2-6-18(7-3-9)13-15-4-1-5-16-13/h1,4-5,9-10H,2-3,6-8,14H2,(H,17,21)(H,19,20). The lowest BCUT2D eigenvalue weighted by Crippen LogP contribution is -2.50. The molecule has 1 aliphatic rings. The lowest BCUT2D eigenvalue weighted by molar-refractivity contribution is -0.139. The SMILES string of the molecule is NC(CC(=O)O)C(=O)NC1CCN(c2ncccn2)CC1. The quantitative estimate of drug-likeness (QED) is 0.660. The molecule has 114 valence electrons. The van der Waals surface area contributed by atoms with Gasteiger partial charge in [-0.05, 0) is 18.9 Å². The highest BCUT2D eigenvalue weighted by atomic mass is 16.4. The first-order valence-electron chi connectivity index (χ1n) is 6.86. The van der Waals surface area contributed by atoms with Crippen molar-refractivity contribution in [2.75, 3.05) is 18.0 Å². The zero-order valence-corrected chi connectivity index (χ0v) is 11.6. The molecule has 1 aromatic heterocycles. The number of carbonyl (C=O) groups is 2. The highest BCUT2D eigenvalue weighted by Crippen LogP contribution is 2.15. The number of carbonyl (C=O) groups excluding carboxylic acids is 1. The van der Waals surface area contributed by atoms with Crippen LogP contribution in [-0.2, 0) is 9.59 Å². The molecule has 1 saturated heterocycles. The summed E-state index contributed by atoms with van der Waals surface area (Å²) in [6.07, 6.45) is 4.54. The van der Waals surface area contributed by atoms with Crippen LogP contribution in [0.4, 0.5) is 5.95 Å². The first-order valence-corrected chi connectivity index (χ1v) is 6.86. The van der Waals surface area contributed by atoms with Crippen molar-refractivity contribution in [3.63, 3.8) is 0 Å². The number of nitrogens with zero attached hydrogens (tertiary/aromatic N) is 3. The highest BCUT2D eigenvalue weighted by molar-refractivity contribution is 5.86. The van der Waals surface area contributed by atoms with Crippen molar-refractivity contribution >= 4 is 17.8 Å². The highest BCUT2D eigenvalue weighted by Gasteiger charge is 2.24. The lowest BCUT2D eigenvalue weighted by Gasteiger charge is -2.32. The monoisotopic (exact) mass is 293 g/mol. The molecular weight excluding hydrogens is 274 g/mol. The molecule has 1 atom stereocenters. The number of carboxylic acid groups (broad SMARTS) is 1. The number of piperidine rings is 1. The minimum Gasteiger partial charge on any atom is -0.481 e. The molecule has 2 heterocycles. The zero-order chi connectivity index (χ0) is 15.2. The van der Waals surface area contributed by atoms with Gasteiger partial charge in [-0.3, -0.25) is 9.59 Å². The molecule has 1 aliphatic heterocycles. The van der Waals surface area contributed by atoms with Gasteiger partial charge in [0.2, 0.25) is 11.9 Å². The van der Waals surface area contributed by atoms with Crippen molar-refractivity contribution < 1.29 is 14.7 Å². The topological polar surface area (TPSA) is 121 Å². The molecule has 8 heteroatoms. The van der Waals surface area contributed by atoms with E-state index in [1.807, 2.05) is 0 Å². The summed E-state index contributed by atoms with van der Waals surface area (Å²) < 4.78 is 0. The number of carboxylic acids is 1. The summed E-state index contributed by atoms with van der Waals surface area (Å²) in [7, 11) is 0. The first-order chi connectivity index (χ1) is 10.1. The number of anilines is 1. The maximum atomic E-state index is 11.8. The molecular formula is C13H19N5O3. The second kappa shape index (κ2) is 6.98. The van der Waals surface area contributed by atoms with Crippen LogP contribution in [0.1, 0.15) is 19.3 Å². The largest absolute Gasteiger partial charge is 0.481 e. The molecule has 21 heavy (non-hydrogen) atoms. The van der Waals surface area contributed by atoms with E-state index in [9.17, 15) is 9.59 Å². The third-order valence-corrected chi connectivity index (χ3v) is 3.41. The fourth-order valence-electron chi connectivity index (χ4n) is 2.27. The first kappa shape index (κ1) is 15.2. The smallest absolute Gasteiger partial charge is 0.305 e. The Morgan fingerprint density at radius 1 is 1.38 bits per heavy atom. The van der Waals surface area contributed by atoms with Crippen LogP contribution in [-0.4, -0.2) is 52.1 Å². The third-order valence-electron chi connectivity index (χ3n) is 3.41. The van der Waals surface area contributed by atoms with Crippen molar-refractivity contribution in [3.8, 4) is 0 Å². The summed E-state index contributed by atoms with van der Waals surface area (Å²) in [4.78, 5) is 32.7. The van der Waals surface area contributed by atoms with E-state index in [4.69, 9.17) is 10.8 Å². The Morgan fingerprint density at radius 3 is 2.57 bits per heavy atom. The molecule has 1 amide bonds. The summed E-state index contributed by atoms with van der Waals surface area (Å²) in [5.41, 5.74) is 5.53. The molecule has 0 aliphatic carbocycles. The predicted molar refractivity (Wildman–Crippen MR) is 75.6 cm³/mol. The van der Waals surface area contributed by atoms with Crippen molar-refractivity contribution in [1.29, 1.82) is 0 Å². The van der Waals surface area contributed by atoms with Crippen LogP contribution < -0.4 is 16.0 Å². The number of nitrogens with two attached hydrogens (primary N) is 1. The van der Waals surface area contributed by atoms with Gasteiger partial charge in [-0.1, -0.05) is 0 Å². The van der Waals surface area contributed by atoms with Gasteiger partial charge in [0.05, 0.1) is 12.5 Å². The van der Waals surface area contributed by atoms with Crippen molar-refractivity contribution in [3.05, 3.63) is 18.5 Å². The Labute approximate surface area is 122 Å². The molecule has 1 unspecified atom stereocenters. The maximum absolute atomic E-state index is 11.8. The van der Waals surface area contributed by atoms with Crippen LogP contribution in [0.5, 0.6) is 0 Å². The van der Waals surface area contributed by atoms with Gasteiger partial charge in [-0.25, -0.2) is 9.97 Å². The second-order valence-corrected chi connectivity index (χ2v) is 5.02. The summed E-state index contributed by atoms with van der Waals surface area (Å²) in [6.45, 7) is 1.48. The third kappa shape index (κ3) is 4.38. The normalized spacial score (nSPS) is 17.3. The molecule has 2 rings (SSSR count). The zero-order valence-electron chi connectivity index (χ0n) is 11.6. The number of hydrogen-bond donors (Lipinski definition) is 3. The summed E-state index contributed by atoms with van der Waals surface area (Å²) >= 11 is 0. The van der Waals surface area contributed by atoms with E-state index >= 15 is 0 Å². The van der Waals surface area contributed by atoms with Crippen LogP contribution in [0.3, 0.4) is 0 Å². The maximum Gasteiger partial charge on any atom is 0.305 e. The van der Waals surface area contributed by atoms with Crippen LogP contribution in [0, 0.1) is 0 Å². The molecule has 1 aromatic rings. The number of aromatic nitrogens is 2. The van der Waals surface area contributed by atoms with Gasteiger partial charge < -0.3 is 21.1 Å². The van der Waals surface area contributed by atoms with E-state index in [1.54, 1.807) is 18.5 Å². The van der Waals surface area contributed by atoms with E-state index in [-0.39, 0.29) is 12.5 Å². The Hall–Kier alpha value is -2.22. The van der Waals surface area contributed by atoms with Crippen molar-refractivity contribution in [2.45, 2.75) is 31.3 Å². The van der Waals surface area contributed by atoms with Crippen LogP contribution in [0.15, 0.2) is 18.5 Å². The molecule has 8 nitrogen and oxygen atoms in total. The molecule has 0 bridgehead atoms. The summed E-state index contributed by atoms with van der Waals surface area (Å²) in [5.74, 6) is -0.801. The van der Waals surface area contributed by atoms with Crippen LogP contribution in [0.2, 0.25) is 0 Å². The van der Waals surface area contributed by atoms with Gasteiger partial charge in [0.1, 0.15) is 0 Å². The van der Waals surface area contributed by atoms with Gasteiger partial charge in [0.25, 0.3) is 0 Å². The van der Waals surface area contributed by atoms with Crippen LogP contribution >= 0.6 is 0 Å². The molecule has 0 radical (unpaired) electrons. The summed E-state index contributed by atoms with van der Waals surface area (Å²) in [6, 6.07) is 0.774. The minimum atomic E-state index is -1.08. The fraction of sp³-hybridized carbons (Fsp3) is 0.538. The van der Waals surface area contributed by atoms with Crippen molar-refractivity contribution in [2.24, 2.45) is 5.73 Å². The molecule has 1 fully saturated rings. The number of aliphatic carboxylic acids is 1.